The second kappa shape index (κ2) is 10.0. The van der Waals surface area contributed by atoms with Crippen LogP contribution in [0.25, 0.3) is 6.08 Å². The summed E-state index contributed by atoms with van der Waals surface area (Å²) in [6, 6.07) is 20.5. The molecule has 0 spiro atoms. The Morgan fingerprint density at radius 1 is 1.03 bits per heavy atom. The molecule has 162 valence electrons. The maximum Gasteiger partial charge on any atom is 0.339 e. The fourth-order valence-electron chi connectivity index (χ4n) is 2.66. The Bertz CT molecular complexity index is 1320. The highest BCUT2D eigenvalue weighted by Crippen LogP contribution is 2.31. The SMILES string of the molecule is COc1cc(/C=C(\C#N)C(=O)Nc2ccccc2Cl)ccc1OS(=O)(=O)c1ccccc1. The third-order valence-corrected chi connectivity index (χ3v) is 5.80. The first-order chi connectivity index (χ1) is 15.3. The van der Waals surface area contributed by atoms with Gasteiger partial charge in [-0.1, -0.05) is 48.0 Å². The van der Waals surface area contributed by atoms with E-state index in [1.54, 1.807) is 42.5 Å². The Labute approximate surface area is 190 Å². The van der Waals surface area contributed by atoms with Gasteiger partial charge in [-0.05, 0) is 48.0 Å². The van der Waals surface area contributed by atoms with Crippen molar-refractivity contribution in [3.8, 4) is 17.6 Å². The first kappa shape index (κ1) is 22.9. The molecule has 1 amide bonds. The number of nitriles is 1. The number of nitrogens with zero attached hydrogens (tertiary/aromatic N) is 1. The second-order valence-corrected chi connectivity index (χ2v) is 8.32. The quantitative estimate of drug-likeness (QED) is 0.307. The van der Waals surface area contributed by atoms with E-state index in [9.17, 15) is 18.5 Å². The predicted octanol–water partition coefficient (Wildman–Crippen LogP) is 4.66. The molecule has 0 atom stereocenters. The van der Waals surface area contributed by atoms with Gasteiger partial charge in [0.25, 0.3) is 5.91 Å². The lowest BCUT2D eigenvalue weighted by Gasteiger charge is -2.11. The van der Waals surface area contributed by atoms with Gasteiger partial charge in [0, 0.05) is 0 Å². The lowest BCUT2D eigenvalue weighted by molar-refractivity contribution is -0.112. The predicted molar refractivity (Wildman–Crippen MR) is 121 cm³/mol. The number of carbonyl (C=O) groups excluding carboxylic acids is 1. The number of hydrogen-bond donors (Lipinski definition) is 1. The van der Waals surface area contributed by atoms with Crippen LogP contribution in [0.5, 0.6) is 11.5 Å². The molecule has 0 radical (unpaired) electrons. The van der Waals surface area contributed by atoms with Crippen LogP contribution in [0.1, 0.15) is 5.56 Å². The molecule has 0 fully saturated rings. The third-order valence-electron chi connectivity index (χ3n) is 4.22. The van der Waals surface area contributed by atoms with E-state index in [0.717, 1.165) is 0 Å². The number of nitrogens with one attached hydrogen (secondary N) is 1. The minimum absolute atomic E-state index is 0.00552. The molecule has 0 aliphatic carbocycles. The van der Waals surface area contributed by atoms with E-state index in [1.165, 1.54) is 43.5 Å². The summed E-state index contributed by atoms with van der Waals surface area (Å²) in [5, 5.41) is 12.3. The van der Waals surface area contributed by atoms with Crippen molar-refractivity contribution in [2.75, 3.05) is 12.4 Å². The number of ether oxygens (including phenoxy) is 1. The maximum absolute atomic E-state index is 12.5. The molecular weight excluding hydrogens is 452 g/mol. The van der Waals surface area contributed by atoms with E-state index >= 15 is 0 Å². The van der Waals surface area contributed by atoms with E-state index in [1.807, 2.05) is 6.07 Å². The molecule has 3 aromatic rings. The number of benzene rings is 3. The van der Waals surface area contributed by atoms with Crippen molar-refractivity contribution in [2.24, 2.45) is 0 Å². The van der Waals surface area contributed by atoms with E-state index < -0.39 is 16.0 Å². The molecule has 0 aliphatic rings. The van der Waals surface area contributed by atoms with Gasteiger partial charge in [-0.2, -0.15) is 13.7 Å². The zero-order valence-corrected chi connectivity index (χ0v) is 18.4. The van der Waals surface area contributed by atoms with Gasteiger partial charge < -0.3 is 14.2 Å². The highest BCUT2D eigenvalue weighted by molar-refractivity contribution is 7.87. The molecule has 0 saturated carbocycles. The smallest absolute Gasteiger partial charge is 0.339 e. The van der Waals surface area contributed by atoms with Gasteiger partial charge in [-0.25, -0.2) is 0 Å². The van der Waals surface area contributed by atoms with E-state index in [2.05, 4.69) is 5.32 Å². The topological polar surface area (TPSA) is 105 Å². The molecule has 0 saturated heterocycles. The summed E-state index contributed by atoms with van der Waals surface area (Å²) in [4.78, 5) is 12.5. The highest BCUT2D eigenvalue weighted by Gasteiger charge is 2.19. The van der Waals surface area contributed by atoms with Crippen molar-refractivity contribution >= 4 is 39.4 Å². The van der Waals surface area contributed by atoms with Crippen LogP contribution in [-0.2, 0) is 14.9 Å². The highest BCUT2D eigenvalue weighted by atomic mass is 35.5. The zero-order valence-electron chi connectivity index (χ0n) is 16.8. The molecule has 0 heterocycles. The van der Waals surface area contributed by atoms with Crippen LogP contribution in [0, 0.1) is 11.3 Å². The molecule has 3 aromatic carbocycles. The minimum Gasteiger partial charge on any atom is -0.493 e. The summed E-state index contributed by atoms with van der Waals surface area (Å²) in [5.41, 5.74) is 0.613. The molecule has 0 unspecified atom stereocenters. The summed E-state index contributed by atoms with van der Waals surface area (Å²) < 4.78 is 35.4. The zero-order chi connectivity index (χ0) is 23.1. The molecule has 1 N–H and O–H groups in total. The van der Waals surface area contributed by atoms with Gasteiger partial charge in [-0.3, -0.25) is 4.79 Å². The third kappa shape index (κ3) is 5.46. The Balaban J connectivity index is 1.85. The lowest BCUT2D eigenvalue weighted by atomic mass is 10.1. The van der Waals surface area contributed by atoms with Crippen LogP contribution in [0.4, 0.5) is 5.69 Å². The lowest BCUT2D eigenvalue weighted by Crippen LogP contribution is -2.13. The average Bonchev–Trinajstić information content (AvgIpc) is 2.80. The molecule has 0 aliphatic heterocycles. The van der Waals surface area contributed by atoms with Crippen molar-refractivity contribution in [3.63, 3.8) is 0 Å². The van der Waals surface area contributed by atoms with E-state index in [-0.39, 0.29) is 22.0 Å². The second-order valence-electron chi connectivity index (χ2n) is 6.36. The van der Waals surface area contributed by atoms with Crippen molar-refractivity contribution < 1.29 is 22.1 Å². The van der Waals surface area contributed by atoms with Crippen LogP contribution < -0.4 is 14.2 Å². The molecule has 0 bridgehead atoms. The van der Waals surface area contributed by atoms with E-state index in [0.29, 0.717) is 16.3 Å². The first-order valence-electron chi connectivity index (χ1n) is 9.19. The Morgan fingerprint density at radius 2 is 1.72 bits per heavy atom. The number of rotatable bonds is 7. The first-order valence-corrected chi connectivity index (χ1v) is 11.0. The Hall–Kier alpha value is -3.80. The fourth-order valence-corrected chi connectivity index (χ4v) is 3.81. The van der Waals surface area contributed by atoms with Crippen molar-refractivity contribution in [3.05, 3.63) is 89.0 Å². The monoisotopic (exact) mass is 468 g/mol. The molecule has 7 nitrogen and oxygen atoms in total. The Morgan fingerprint density at radius 3 is 2.38 bits per heavy atom. The summed E-state index contributed by atoms with van der Waals surface area (Å²) in [7, 11) is -2.72. The average molecular weight is 469 g/mol. The number of para-hydroxylation sites is 1. The van der Waals surface area contributed by atoms with Crippen LogP contribution in [-0.4, -0.2) is 21.4 Å². The van der Waals surface area contributed by atoms with Crippen LogP contribution in [0.3, 0.4) is 0 Å². The number of anilines is 1. The standard InChI is InChI=1S/C23H17ClN2O5S/c1-30-22-14-16(11-12-21(22)31-32(28,29)18-7-3-2-4-8-18)13-17(15-25)23(27)26-20-10-6-5-9-19(20)24/h2-14H,1H3,(H,26,27)/b17-13+. The van der Waals surface area contributed by atoms with Gasteiger partial charge in [0.15, 0.2) is 11.5 Å². The summed E-state index contributed by atoms with van der Waals surface area (Å²) in [5.74, 6) is -0.568. The normalized spacial score (nSPS) is 11.3. The van der Waals surface area contributed by atoms with Crippen molar-refractivity contribution in [1.29, 1.82) is 5.26 Å². The molecule has 0 aromatic heterocycles. The number of hydrogen-bond acceptors (Lipinski definition) is 6. The van der Waals surface area contributed by atoms with E-state index in [4.69, 9.17) is 20.5 Å². The number of carbonyl (C=O) groups is 1. The Kier molecular flexibility index (Phi) is 7.15. The molecule has 9 heteroatoms. The van der Waals surface area contributed by atoms with Crippen LogP contribution in [0.15, 0.2) is 83.3 Å². The summed E-state index contributed by atoms with van der Waals surface area (Å²) in [6.45, 7) is 0. The summed E-state index contributed by atoms with van der Waals surface area (Å²) >= 11 is 6.03. The van der Waals surface area contributed by atoms with Gasteiger partial charge in [0.05, 0.1) is 17.8 Å². The maximum atomic E-state index is 12.5. The molecule has 3 rings (SSSR count). The fraction of sp³-hybridized carbons (Fsp3) is 0.0435. The molecule has 32 heavy (non-hydrogen) atoms. The van der Waals surface area contributed by atoms with Crippen LogP contribution >= 0.6 is 11.6 Å². The number of halogens is 1. The van der Waals surface area contributed by atoms with Gasteiger partial charge in [-0.15, -0.1) is 0 Å². The van der Waals surface area contributed by atoms with Crippen LogP contribution in [0.2, 0.25) is 5.02 Å². The van der Waals surface area contributed by atoms with Gasteiger partial charge in [0.2, 0.25) is 0 Å². The van der Waals surface area contributed by atoms with Crippen molar-refractivity contribution in [1.82, 2.24) is 0 Å². The van der Waals surface area contributed by atoms with Crippen molar-refractivity contribution in [2.45, 2.75) is 4.90 Å². The van der Waals surface area contributed by atoms with Gasteiger partial charge >= 0.3 is 10.1 Å². The number of methoxy groups -OCH3 is 1. The largest absolute Gasteiger partial charge is 0.493 e. The molecular formula is C23H17ClN2O5S. The summed E-state index contributed by atoms with van der Waals surface area (Å²) in [6.07, 6.45) is 1.34. The van der Waals surface area contributed by atoms with Gasteiger partial charge in [0.1, 0.15) is 16.5 Å². The minimum atomic E-state index is -4.06. The number of amides is 1.